The second kappa shape index (κ2) is 24.5. The lowest BCUT2D eigenvalue weighted by Gasteiger charge is -2.26. The van der Waals surface area contributed by atoms with Crippen molar-refractivity contribution < 1.29 is 28.2 Å². The van der Waals surface area contributed by atoms with E-state index in [-0.39, 0.29) is 12.5 Å². The summed E-state index contributed by atoms with van der Waals surface area (Å²) in [7, 11) is 2.80. The standard InChI is InChI=1S/C34H60N3O8PS/c1-4-5-6-7-8-9-10-11-12-13-14-17-20-23-30(38)35-25-21-18-15-16-19-22-28-32(45-46(41,47)43-3)29(27-42-2)44-33(28)37-26-24-31(39)36-34(37)40/h16,19,24,26,28-29,32-33H,4-15,17-18,20-23,25,27H2,1-3H3,(H,35,38)(H,41,47)(H,36,39,40)/b19-16+/t28-,29+,32?,33+,46?/m0/s1. The molecule has 1 amide bonds. The van der Waals surface area contributed by atoms with Gasteiger partial charge < -0.3 is 28.7 Å². The topological polar surface area (TPSA) is 141 Å². The van der Waals surface area contributed by atoms with Gasteiger partial charge in [0.25, 0.3) is 5.56 Å². The molecule has 1 saturated heterocycles. The van der Waals surface area contributed by atoms with E-state index in [0.717, 1.165) is 32.1 Å². The predicted octanol–water partition coefficient (Wildman–Crippen LogP) is 6.66. The van der Waals surface area contributed by atoms with Crippen LogP contribution in [0.5, 0.6) is 0 Å². The van der Waals surface area contributed by atoms with Gasteiger partial charge in [0.2, 0.25) is 5.91 Å². The third-order valence-electron chi connectivity index (χ3n) is 8.61. The number of nitrogens with one attached hydrogen (secondary N) is 2. The number of methoxy groups -OCH3 is 1. The smallest absolute Gasteiger partial charge is 0.330 e. The third-order valence-corrected chi connectivity index (χ3v) is 10.3. The van der Waals surface area contributed by atoms with Gasteiger partial charge in [0.05, 0.1) is 6.61 Å². The van der Waals surface area contributed by atoms with Gasteiger partial charge in [0.15, 0.2) is 0 Å². The van der Waals surface area contributed by atoms with Crippen molar-refractivity contribution in [2.24, 2.45) is 5.92 Å². The highest BCUT2D eigenvalue weighted by molar-refractivity contribution is 8.07. The summed E-state index contributed by atoms with van der Waals surface area (Å²) in [6, 6.07) is 1.25. The average Bonchev–Trinajstić information content (AvgIpc) is 3.36. The van der Waals surface area contributed by atoms with Gasteiger partial charge in [0, 0.05) is 45.4 Å². The van der Waals surface area contributed by atoms with Gasteiger partial charge in [-0.05, 0) is 43.9 Å². The van der Waals surface area contributed by atoms with Gasteiger partial charge >= 0.3 is 12.4 Å². The van der Waals surface area contributed by atoms with E-state index < -0.39 is 42.3 Å². The summed E-state index contributed by atoms with van der Waals surface area (Å²) in [5, 5.41) is 3.04. The highest BCUT2D eigenvalue weighted by Crippen LogP contribution is 2.50. The van der Waals surface area contributed by atoms with E-state index in [2.05, 4.69) is 17.2 Å². The quantitative estimate of drug-likeness (QED) is 0.0522. The van der Waals surface area contributed by atoms with E-state index in [1.54, 1.807) is 0 Å². The Labute approximate surface area is 286 Å². The fraction of sp³-hybridized carbons (Fsp3) is 0.794. The number of unbranched alkanes of at least 4 members (excludes halogenated alkanes) is 14. The van der Waals surface area contributed by atoms with Crippen LogP contribution >= 0.6 is 6.72 Å². The van der Waals surface area contributed by atoms with Crippen LogP contribution in [0.1, 0.15) is 129 Å². The summed E-state index contributed by atoms with van der Waals surface area (Å²) in [6.07, 6.45) is 23.8. The van der Waals surface area contributed by atoms with E-state index in [1.807, 2.05) is 12.2 Å². The fourth-order valence-corrected chi connectivity index (χ4v) is 6.95. The molecule has 0 aromatic carbocycles. The molecule has 0 saturated carbocycles. The Kier molecular flexibility index (Phi) is 21.6. The van der Waals surface area contributed by atoms with Crippen LogP contribution in [0.2, 0.25) is 0 Å². The number of carbonyl (C=O) groups is 1. The van der Waals surface area contributed by atoms with Crippen molar-refractivity contribution in [2.45, 2.75) is 141 Å². The molecule has 0 bridgehead atoms. The minimum atomic E-state index is -3.55. The zero-order chi connectivity index (χ0) is 34.3. The summed E-state index contributed by atoms with van der Waals surface area (Å²) >= 11 is 5.11. The van der Waals surface area contributed by atoms with Crippen LogP contribution in [0.3, 0.4) is 0 Å². The molecule has 1 aromatic rings. The molecule has 270 valence electrons. The Morgan fingerprint density at radius 2 is 1.64 bits per heavy atom. The van der Waals surface area contributed by atoms with Crippen molar-refractivity contribution in [1.29, 1.82) is 0 Å². The lowest BCUT2D eigenvalue weighted by atomic mass is 9.95. The molecule has 2 heterocycles. The van der Waals surface area contributed by atoms with Crippen molar-refractivity contribution in [1.82, 2.24) is 14.9 Å². The minimum absolute atomic E-state index is 0.130. The Morgan fingerprint density at radius 1 is 1.00 bits per heavy atom. The van der Waals surface area contributed by atoms with Crippen molar-refractivity contribution in [3.05, 3.63) is 45.3 Å². The maximum absolute atomic E-state index is 12.6. The number of aromatic nitrogens is 2. The van der Waals surface area contributed by atoms with Crippen LogP contribution in [-0.4, -0.2) is 59.9 Å². The Hall–Kier alpha value is -1.66. The first kappa shape index (κ1) is 41.5. The molecule has 47 heavy (non-hydrogen) atoms. The molecule has 0 spiro atoms. The Bertz CT molecular complexity index is 1190. The molecule has 1 aromatic heterocycles. The molecule has 13 heteroatoms. The van der Waals surface area contributed by atoms with Crippen LogP contribution in [0.4, 0.5) is 0 Å². The van der Waals surface area contributed by atoms with Crippen LogP contribution in [0.15, 0.2) is 34.0 Å². The summed E-state index contributed by atoms with van der Waals surface area (Å²) in [6.45, 7) is -0.492. The first-order valence-corrected chi connectivity index (χ1v) is 20.3. The maximum Gasteiger partial charge on any atom is 0.330 e. The molecule has 0 radical (unpaired) electrons. The lowest BCUT2D eigenvalue weighted by molar-refractivity contribution is -0.121. The fourth-order valence-electron chi connectivity index (χ4n) is 5.96. The molecule has 1 fully saturated rings. The van der Waals surface area contributed by atoms with Crippen LogP contribution in [0.25, 0.3) is 0 Å². The SMILES string of the molecule is CCCCCCCCCCCCCCCC(=O)NCCCC/C=C/C[C@H]1C(OP(O)(=S)OC)[C@@H](COC)O[C@H]1n1ccc(=O)[nH]c1=O. The van der Waals surface area contributed by atoms with Crippen LogP contribution < -0.4 is 16.6 Å². The van der Waals surface area contributed by atoms with Crippen LogP contribution in [-0.2, 0) is 35.1 Å². The first-order valence-electron chi connectivity index (χ1n) is 17.7. The highest BCUT2D eigenvalue weighted by Gasteiger charge is 2.48. The van der Waals surface area contributed by atoms with Crippen molar-refractivity contribution >= 4 is 24.4 Å². The van der Waals surface area contributed by atoms with Gasteiger partial charge in [-0.3, -0.25) is 19.1 Å². The third kappa shape index (κ3) is 17.0. The van der Waals surface area contributed by atoms with E-state index >= 15 is 0 Å². The second-order valence-electron chi connectivity index (χ2n) is 12.5. The molecule has 2 unspecified atom stereocenters. The van der Waals surface area contributed by atoms with E-state index in [4.69, 9.17) is 30.3 Å². The second-order valence-corrected chi connectivity index (χ2v) is 15.4. The largest absolute Gasteiger partial charge is 0.382 e. The normalized spacial score (nSPS) is 20.9. The first-order chi connectivity index (χ1) is 22.7. The van der Waals surface area contributed by atoms with Gasteiger partial charge in [0.1, 0.15) is 18.4 Å². The van der Waals surface area contributed by atoms with Crippen molar-refractivity contribution in [2.75, 3.05) is 27.4 Å². The number of hydrogen-bond donors (Lipinski definition) is 3. The molecule has 1 aliphatic rings. The summed E-state index contributed by atoms with van der Waals surface area (Å²) in [4.78, 5) is 49.1. The monoisotopic (exact) mass is 701 g/mol. The summed E-state index contributed by atoms with van der Waals surface area (Å²) in [5.41, 5.74) is -1.12. The molecule has 3 N–H and O–H groups in total. The van der Waals surface area contributed by atoms with Crippen molar-refractivity contribution in [3.8, 4) is 0 Å². The molecule has 1 aliphatic heterocycles. The number of allylic oxidation sites excluding steroid dienone is 2. The Balaban J connectivity index is 1.67. The number of amides is 1. The minimum Gasteiger partial charge on any atom is -0.382 e. The van der Waals surface area contributed by atoms with Gasteiger partial charge in [-0.1, -0.05) is 96.1 Å². The molecular formula is C34H60N3O8PS. The van der Waals surface area contributed by atoms with E-state index in [1.165, 1.54) is 102 Å². The van der Waals surface area contributed by atoms with Crippen LogP contribution in [0, 0.1) is 5.92 Å². The molecule has 2 rings (SSSR count). The van der Waals surface area contributed by atoms with Gasteiger partial charge in [-0.25, -0.2) is 4.79 Å². The Morgan fingerprint density at radius 3 is 2.23 bits per heavy atom. The zero-order valence-electron chi connectivity index (χ0n) is 28.9. The average molecular weight is 702 g/mol. The zero-order valence-corrected chi connectivity index (χ0v) is 30.6. The van der Waals surface area contributed by atoms with Crippen molar-refractivity contribution in [3.63, 3.8) is 0 Å². The molecule has 5 atom stereocenters. The number of aromatic amines is 1. The molecular weight excluding hydrogens is 641 g/mol. The summed E-state index contributed by atoms with van der Waals surface area (Å²) < 4.78 is 23.6. The molecule has 0 aliphatic carbocycles. The van der Waals surface area contributed by atoms with E-state index in [9.17, 15) is 19.3 Å². The predicted molar refractivity (Wildman–Crippen MR) is 190 cm³/mol. The number of hydrogen-bond acceptors (Lipinski definition) is 8. The van der Waals surface area contributed by atoms with E-state index in [0.29, 0.717) is 19.4 Å². The number of nitrogens with zero attached hydrogens (tertiary/aromatic N) is 1. The number of H-pyrrole nitrogens is 1. The number of carbonyl (C=O) groups excluding carboxylic acids is 1. The lowest BCUT2D eigenvalue weighted by Crippen LogP contribution is -2.35. The van der Waals surface area contributed by atoms with Gasteiger partial charge in [-0.2, -0.15) is 0 Å². The molecule has 11 nitrogen and oxygen atoms in total. The number of rotatable bonds is 27. The highest BCUT2D eigenvalue weighted by atomic mass is 32.5. The summed E-state index contributed by atoms with van der Waals surface area (Å²) in [5.74, 6) is -0.297. The maximum atomic E-state index is 12.6. The van der Waals surface area contributed by atoms with Gasteiger partial charge in [-0.15, -0.1) is 0 Å². The number of ether oxygens (including phenoxy) is 2.